The number of nitrogens with zero attached hydrogens (tertiary/aromatic N) is 4. The second kappa shape index (κ2) is 9.82. The summed E-state index contributed by atoms with van der Waals surface area (Å²) >= 11 is 0. The number of aryl methyl sites for hydroxylation is 1. The van der Waals surface area contributed by atoms with Gasteiger partial charge in [0.2, 0.25) is 15.9 Å². The van der Waals surface area contributed by atoms with Crippen molar-refractivity contribution in [3.05, 3.63) is 59.2 Å². The molecule has 1 fully saturated rings. The fourth-order valence-electron chi connectivity index (χ4n) is 3.93. The summed E-state index contributed by atoms with van der Waals surface area (Å²) in [6.07, 6.45) is 1.08. The van der Waals surface area contributed by atoms with Crippen LogP contribution in [0.4, 0.5) is 11.4 Å². The van der Waals surface area contributed by atoms with Gasteiger partial charge in [-0.2, -0.15) is 0 Å². The maximum absolute atomic E-state index is 13.0. The third kappa shape index (κ3) is 5.65. The first-order chi connectivity index (χ1) is 15.5. The van der Waals surface area contributed by atoms with Crippen molar-refractivity contribution in [2.45, 2.75) is 13.8 Å². The number of carbonyl (C=O) groups is 2. The van der Waals surface area contributed by atoms with Gasteiger partial charge < -0.3 is 14.7 Å². The molecule has 0 aliphatic carbocycles. The van der Waals surface area contributed by atoms with Crippen LogP contribution >= 0.6 is 0 Å². The van der Waals surface area contributed by atoms with E-state index in [1.54, 1.807) is 43.3 Å². The Labute approximate surface area is 196 Å². The predicted octanol–water partition coefficient (Wildman–Crippen LogP) is 2.12. The summed E-state index contributed by atoms with van der Waals surface area (Å²) in [6.45, 7) is 6.35. The molecule has 9 heteroatoms. The molecule has 2 amide bonds. The van der Waals surface area contributed by atoms with E-state index in [4.69, 9.17) is 0 Å². The second-order valence-corrected chi connectivity index (χ2v) is 10.5. The fraction of sp³-hybridized carbons (Fsp3) is 0.417. The lowest BCUT2D eigenvalue weighted by atomic mass is 10.1. The maximum atomic E-state index is 13.0. The van der Waals surface area contributed by atoms with Crippen molar-refractivity contribution >= 4 is 33.2 Å². The predicted molar refractivity (Wildman–Crippen MR) is 131 cm³/mol. The number of hydrogen-bond donors (Lipinski definition) is 0. The van der Waals surface area contributed by atoms with E-state index in [0.717, 1.165) is 10.6 Å². The lowest BCUT2D eigenvalue weighted by Crippen LogP contribution is -2.52. The van der Waals surface area contributed by atoms with Crippen molar-refractivity contribution in [3.63, 3.8) is 0 Å². The molecule has 1 aliphatic rings. The van der Waals surface area contributed by atoms with Crippen LogP contribution in [0.5, 0.6) is 0 Å². The van der Waals surface area contributed by atoms with Gasteiger partial charge in [0.25, 0.3) is 5.91 Å². The number of sulfonamides is 1. The number of carbonyl (C=O) groups excluding carboxylic acids is 2. The molecule has 0 spiro atoms. The number of anilines is 2. The molecule has 0 aromatic heterocycles. The number of rotatable bonds is 6. The van der Waals surface area contributed by atoms with Gasteiger partial charge in [0.05, 0.1) is 11.9 Å². The van der Waals surface area contributed by atoms with Crippen molar-refractivity contribution in [1.82, 2.24) is 9.80 Å². The van der Waals surface area contributed by atoms with Crippen molar-refractivity contribution in [3.8, 4) is 0 Å². The van der Waals surface area contributed by atoms with Gasteiger partial charge in [0, 0.05) is 51.5 Å². The van der Waals surface area contributed by atoms with Gasteiger partial charge >= 0.3 is 0 Å². The molecule has 0 bridgehead atoms. The highest BCUT2D eigenvalue weighted by molar-refractivity contribution is 7.92. The Hall–Kier alpha value is -3.07. The van der Waals surface area contributed by atoms with Crippen LogP contribution in [0, 0.1) is 13.8 Å². The normalized spacial score (nSPS) is 14.2. The highest BCUT2D eigenvalue weighted by Crippen LogP contribution is 2.24. The van der Waals surface area contributed by atoms with Crippen LogP contribution in [0.3, 0.4) is 0 Å². The van der Waals surface area contributed by atoms with E-state index < -0.39 is 10.0 Å². The largest absolute Gasteiger partial charge is 0.368 e. The first-order valence-corrected chi connectivity index (χ1v) is 12.7. The summed E-state index contributed by atoms with van der Waals surface area (Å²) in [5.41, 5.74) is 4.44. The van der Waals surface area contributed by atoms with E-state index in [1.165, 1.54) is 21.7 Å². The molecule has 1 heterocycles. The lowest BCUT2D eigenvalue weighted by Gasteiger charge is -2.37. The Kier molecular flexibility index (Phi) is 7.31. The summed E-state index contributed by atoms with van der Waals surface area (Å²) in [5.74, 6) is -0.417. The van der Waals surface area contributed by atoms with Gasteiger partial charge in [-0.1, -0.05) is 12.1 Å². The number of hydrogen-bond acceptors (Lipinski definition) is 5. The summed E-state index contributed by atoms with van der Waals surface area (Å²) in [7, 11) is -0.384. The van der Waals surface area contributed by atoms with E-state index in [1.807, 2.05) is 6.07 Å². The number of amides is 2. The highest BCUT2D eigenvalue weighted by atomic mass is 32.2. The molecule has 178 valence electrons. The molecule has 0 unspecified atom stereocenters. The van der Waals surface area contributed by atoms with E-state index in [-0.39, 0.29) is 18.4 Å². The van der Waals surface area contributed by atoms with Gasteiger partial charge in [-0.15, -0.1) is 0 Å². The number of benzene rings is 2. The third-order valence-corrected chi connectivity index (χ3v) is 7.18. The zero-order chi connectivity index (χ0) is 24.3. The molecule has 33 heavy (non-hydrogen) atoms. The van der Waals surface area contributed by atoms with Crippen LogP contribution < -0.4 is 9.21 Å². The van der Waals surface area contributed by atoms with E-state index in [9.17, 15) is 18.0 Å². The van der Waals surface area contributed by atoms with Crippen LogP contribution in [0.2, 0.25) is 0 Å². The molecule has 0 radical (unpaired) electrons. The minimum absolute atomic E-state index is 0.176. The standard InChI is InChI=1S/C24H32N4O4S/c1-18-7-6-8-22(19(18)2)26-13-15-27(16-14-26)23(29)17-28(33(5,31)32)21-11-9-20(10-12-21)24(30)25(3)4/h6-12H,13-17H2,1-5H3. The summed E-state index contributed by atoms with van der Waals surface area (Å²) in [4.78, 5) is 30.5. The Balaban J connectivity index is 1.69. The Bertz CT molecular complexity index is 1120. The molecule has 0 saturated carbocycles. The van der Waals surface area contributed by atoms with Gasteiger partial charge in [0.15, 0.2) is 0 Å². The average Bonchev–Trinajstić information content (AvgIpc) is 2.78. The van der Waals surface area contributed by atoms with Crippen molar-refractivity contribution in [2.75, 3.05) is 62.3 Å². The quantitative estimate of drug-likeness (QED) is 0.643. The lowest BCUT2D eigenvalue weighted by molar-refractivity contribution is -0.129. The second-order valence-electron chi connectivity index (χ2n) is 8.60. The summed E-state index contributed by atoms with van der Waals surface area (Å²) in [6, 6.07) is 12.5. The zero-order valence-corrected chi connectivity index (χ0v) is 20.7. The minimum atomic E-state index is -3.69. The van der Waals surface area contributed by atoms with Gasteiger partial charge in [0.1, 0.15) is 6.54 Å². The molecular weight excluding hydrogens is 440 g/mol. The molecular formula is C24H32N4O4S. The van der Waals surface area contributed by atoms with Crippen molar-refractivity contribution in [2.24, 2.45) is 0 Å². The van der Waals surface area contributed by atoms with Crippen LogP contribution in [0.15, 0.2) is 42.5 Å². The molecule has 1 saturated heterocycles. The van der Waals surface area contributed by atoms with Gasteiger partial charge in [-0.25, -0.2) is 8.42 Å². The van der Waals surface area contributed by atoms with Crippen LogP contribution in [-0.2, 0) is 14.8 Å². The Morgan fingerprint density at radius 2 is 1.55 bits per heavy atom. The Morgan fingerprint density at radius 3 is 2.09 bits per heavy atom. The maximum Gasteiger partial charge on any atom is 0.253 e. The molecule has 8 nitrogen and oxygen atoms in total. The van der Waals surface area contributed by atoms with Crippen LogP contribution in [0.1, 0.15) is 21.5 Å². The summed E-state index contributed by atoms with van der Waals surface area (Å²) < 4.78 is 26.0. The fourth-order valence-corrected chi connectivity index (χ4v) is 4.78. The first-order valence-electron chi connectivity index (χ1n) is 10.9. The molecule has 0 N–H and O–H groups in total. The molecule has 1 aliphatic heterocycles. The minimum Gasteiger partial charge on any atom is -0.368 e. The average molecular weight is 473 g/mol. The highest BCUT2D eigenvalue weighted by Gasteiger charge is 2.27. The molecule has 0 atom stereocenters. The van der Waals surface area contributed by atoms with Gasteiger partial charge in [-0.05, 0) is 55.3 Å². The van der Waals surface area contributed by atoms with Crippen molar-refractivity contribution < 1.29 is 18.0 Å². The third-order valence-electron chi connectivity index (χ3n) is 6.04. The molecule has 2 aromatic rings. The van der Waals surface area contributed by atoms with Crippen molar-refractivity contribution in [1.29, 1.82) is 0 Å². The smallest absolute Gasteiger partial charge is 0.253 e. The monoisotopic (exact) mass is 472 g/mol. The molecule has 2 aromatic carbocycles. The topological polar surface area (TPSA) is 81.2 Å². The van der Waals surface area contributed by atoms with Crippen LogP contribution in [-0.4, -0.2) is 83.1 Å². The van der Waals surface area contributed by atoms with E-state index in [0.29, 0.717) is 37.4 Å². The molecule has 3 rings (SSSR count). The zero-order valence-electron chi connectivity index (χ0n) is 19.9. The summed E-state index contributed by atoms with van der Waals surface area (Å²) in [5, 5.41) is 0. The van der Waals surface area contributed by atoms with Crippen LogP contribution in [0.25, 0.3) is 0 Å². The van der Waals surface area contributed by atoms with E-state index in [2.05, 4.69) is 30.9 Å². The SMILES string of the molecule is Cc1cccc(N2CCN(C(=O)CN(c3ccc(C(=O)N(C)C)cc3)S(C)(=O)=O)CC2)c1C. The number of piperazine rings is 1. The Morgan fingerprint density at radius 1 is 0.939 bits per heavy atom. The first kappa shape index (κ1) is 24.6. The van der Waals surface area contributed by atoms with Gasteiger partial charge in [-0.3, -0.25) is 13.9 Å². The van der Waals surface area contributed by atoms with E-state index >= 15 is 0 Å².